The quantitative estimate of drug-likeness (QED) is 0.440. The Balaban J connectivity index is 1.77. The number of likely N-dealkylation sites (tertiary alicyclic amines) is 1. The van der Waals surface area contributed by atoms with Crippen LogP contribution in [0.5, 0.6) is 5.75 Å². The predicted octanol–water partition coefficient (Wildman–Crippen LogP) is 5.55. The molecule has 1 atom stereocenters. The van der Waals surface area contributed by atoms with Crippen molar-refractivity contribution in [3.63, 3.8) is 0 Å². The van der Waals surface area contributed by atoms with Gasteiger partial charge in [0.2, 0.25) is 0 Å². The van der Waals surface area contributed by atoms with Crippen molar-refractivity contribution in [2.24, 2.45) is 5.92 Å². The van der Waals surface area contributed by atoms with Gasteiger partial charge in [0.15, 0.2) is 0 Å². The van der Waals surface area contributed by atoms with E-state index < -0.39 is 6.61 Å². The molecule has 2 heterocycles. The van der Waals surface area contributed by atoms with E-state index in [9.17, 15) is 13.6 Å². The summed E-state index contributed by atoms with van der Waals surface area (Å²) in [5.74, 6) is 0.938. The molecule has 5 nitrogen and oxygen atoms in total. The molecule has 1 fully saturated rings. The Morgan fingerprint density at radius 1 is 1.19 bits per heavy atom. The fourth-order valence-corrected chi connectivity index (χ4v) is 4.70. The first-order valence-electron chi connectivity index (χ1n) is 10.8. The lowest BCUT2D eigenvalue weighted by Crippen LogP contribution is -2.42. The molecule has 0 spiro atoms. The number of halogens is 3. The molecule has 0 radical (unpaired) electrons. The Hall–Kier alpha value is -2.32. The molecular formula is C24H26BrF2N3O2. The summed E-state index contributed by atoms with van der Waals surface area (Å²) in [5, 5.41) is 0.553. The zero-order valence-electron chi connectivity index (χ0n) is 18.1. The highest BCUT2D eigenvalue weighted by Gasteiger charge is 2.24. The highest BCUT2D eigenvalue weighted by Crippen LogP contribution is 2.26. The molecule has 0 saturated carbocycles. The molecular weight excluding hydrogens is 480 g/mol. The summed E-state index contributed by atoms with van der Waals surface area (Å²) in [6, 6.07) is 12.2. The van der Waals surface area contributed by atoms with Crippen molar-refractivity contribution >= 4 is 26.8 Å². The maximum Gasteiger partial charge on any atom is 0.387 e. The predicted molar refractivity (Wildman–Crippen MR) is 125 cm³/mol. The average molecular weight is 506 g/mol. The summed E-state index contributed by atoms with van der Waals surface area (Å²) in [6.07, 6.45) is 2.14. The molecule has 0 amide bonds. The molecule has 0 N–H and O–H groups in total. The normalized spacial score (nSPS) is 17.4. The lowest BCUT2D eigenvalue weighted by atomic mass is 9.96. The largest absolute Gasteiger partial charge is 0.435 e. The highest BCUT2D eigenvalue weighted by atomic mass is 79.9. The number of alkyl halides is 2. The number of benzene rings is 2. The van der Waals surface area contributed by atoms with Gasteiger partial charge in [0.25, 0.3) is 5.56 Å². The van der Waals surface area contributed by atoms with Crippen molar-refractivity contribution in [1.82, 2.24) is 14.5 Å². The third-order valence-electron chi connectivity index (χ3n) is 5.98. The second-order valence-electron chi connectivity index (χ2n) is 8.51. The van der Waals surface area contributed by atoms with E-state index >= 15 is 0 Å². The standard InChI is InChI=1S/C24H26BrF2N3O2/c1-15(2)29-11-3-4-16(13-29)14-30-22(17-5-8-19(9-6-17)32-24(26)27)28-21-10-7-18(25)12-20(21)23(30)31/h5-10,12,15-16,24H,3-4,11,13-14H2,1-2H3. The van der Waals surface area contributed by atoms with Crippen molar-refractivity contribution < 1.29 is 13.5 Å². The highest BCUT2D eigenvalue weighted by molar-refractivity contribution is 9.10. The van der Waals surface area contributed by atoms with E-state index in [0.717, 1.165) is 30.4 Å². The molecule has 1 unspecified atom stereocenters. The molecule has 4 rings (SSSR count). The monoisotopic (exact) mass is 505 g/mol. The van der Waals surface area contributed by atoms with Crippen molar-refractivity contribution in [3.05, 3.63) is 57.3 Å². The molecule has 2 aromatic carbocycles. The third-order valence-corrected chi connectivity index (χ3v) is 6.47. The van der Waals surface area contributed by atoms with E-state index in [1.165, 1.54) is 12.1 Å². The van der Waals surface area contributed by atoms with Gasteiger partial charge in [-0.3, -0.25) is 9.36 Å². The summed E-state index contributed by atoms with van der Waals surface area (Å²) in [6.45, 7) is 4.07. The number of hydrogen-bond acceptors (Lipinski definition) is 4. The summed E-state index contributed by atoms with van der Waals surface area (Å²) in [4.78, 5) is 20.8. The van der Waals surface area contributed by atoms with E-state index in [0.29, 0.717) is 40.8 Å². The van der Waals surface area contributed by atoms with Gasteiger partial charge in [-0.2, -0.15) is 8.78 Å². The van der Waals surface area contributed by atoms with Gasteiger partial charge in [-0.15, -0.1) is 0 Å². The van der Waals surface area contributed by atoms with Crippen LogP contribution in [0.1, 0.15) is 26.7 Å². The Kier molecular flexibility index (Phi) is 6.90. The number of hydrogen-bond donors (Lipinski definition) is 0. The first kappa shape index (κ1) is 22.9. The number of nitrogens with zero attached hydrogens (tertiary/aromatic N) is 3. The lowest BCUT2D eigenvalue weighted by molar-refractivity contribution is -0.0498. The van der Waals surface area contributed by atoms with Crippen molar-refractivity contribution in [3.8, 4) is 17.1 Å². The number of aromatic nitrogens is 2. The van der Waals surface area contributed by atoms with E-state index in [2.05, 4.69) is 39.4 Å². The van der Waals surface area contributed by atoms with Gasteiger partial charge in [0, 0.05) is 29.2 Å². The van der Waals surface area contributed by atoms with E-state index in [1.807, 2.05) is 12.1 Å². The molecule has 1 aliphatic heterocycles. The molecule has 0 aliphatic carbocycles. The average Bonchev–Trinajstić information content (AvgIpc) is 2.76. The number of ether oxygens (including phenoxy) is 1. The van der Waals surface area contributed by atoms with Crippen LogP contribution < -0.4 is 10.3 Å². The van der Waals surface area contributed by atoms with E-state index in [4.69, 9.17) is 4.98 Å². The van der Waals surface area contributed by atoms with E-state index in [-0.39, 0.29) is 11.3 Å². The summed E-state index contributed by atoms with van der Waals surface area (Å²) in [7, 11) is 0. The van der Waals surface area contributed by atoms with Gasteiger partial charge in [0.05, 0.1) is 10.9 Å². The van der Waals surface area contributed by atoms with Gasteiger partial charge in [-0.1, -0.05) is 15.9 Å². The van der Waals surface area contributed by atoms with Crippen LogP contribution >= 0.6 is 15.9 Å². The minimum absolute atomic E-state index is 0.0715. The molecule has 170 valence electrons. The fourth-order valence-electron chi connectivity index (χ4n) is 4.34. The minimum Gasteiger partial charge on any atom is -0.435 e. The van der Waals surface area contributed by atoms with Crippen LogP contribution in [-0.2, 0) is 6.54 Å². The lowest BCUT2D eigenvalue weighted by Gasteiger charge is -2.35. The Labute approximate surface area is 194 Å². The molecule has 8 heteroatoms. The SMILES string of the molecule is CC(C)N1CCCC(Cn2c(-c3ccc(OC(F)F)cc3)nc3ccc(Br)cc3c2=O)C1. The summed E-state index contributed by atoms with van der Waals surface area (Å²) < 4.78 is 32.1. The minimum atomic E-state index is -2.88. The summed E-state index contributed by atoms with van der Waals surface area (Å²) >= 11 is 3.45. The van der Waals surface area contributed by atoms with Gasteiger partial charge < -0.3 is 9.64 Å². The van der Waals surface area contributed by atoms with Crippen LogP contribution in [-0.4, -0.2) is 40.2 Å². The molecule has 1 saturated heterocycles. The topological polar surface area (TPSA) is 47.4 Å². The second kappa shape index (κ2) is 9.67. The number of fused-ring (bicyclic) bond motifs is 1. The van der Waals surface area contributed by atoms with Crippen molar-refractivity contribution in [1.29, 1.82) is 0 Å². The van der Waals surface area contributed by atoms with Gasteiger partial charge in [-0.05, 0) is 81.6 Å². The van der Waals surface area contributed by atoms with Crippen LogP contribution in [0.15, 0.2) is 51.7 Å². The van der Waals surface area contributed by atoms with Crippen LogP contribution in [0, 0.1) is 5.92 Å². The molecule has 3 aromatic rings. The Morgan fingerprint density at radius 2 is 1.94 bits per heavy atom. The van der Waals surface area contributed by atoms with Gasteiger partial charge >= 0.3 is 6.61 Å². The first-order chi connectivity index (χ1) is 15.3. The van der Waals surface area contributed by atoms with Crippen LogP contribution in [0.25, 0.3) is 22.3 Å². The van der Waals surface area contributed by atoms with Crippen molar-refractivity contribution in [2.45, 2.75) is 45.9 Å². The summed E-state index contributed by atoms with van der Waals surface area (Å²) in [5.41, 5.74) is 1.19. The van der Waals surface area contributed by atoms with E-state index in [1.54, 1.807) is 22.8 Å². The third kappa shape index (κ3) is 5.02. The molecule has 1 aliphatic rings. The smallest absolute Gasteiger partial charge is 0.387 e. The number of rotatable bonds is 6. The van der Waals surface area contributed by atoms with Gasteiger partial charge in [0.1, 0.15) is 11.6 Å². The zero-order chi connectivity index (χ0) is 22.8. The molecule has 1 aromatic heterocycles. The first-order valence-corrected chi connectivity index (χ1v) is 11.6. The Morgan fingerprint density at radius 3 is 2.62 bits per heavy atom. The fraction of sp³-hybridized carbons (Fsp3) is 0.417. The van der Waals surface area contributed by atoms with Crippen LogP contribution in [0.3, 0.4) is 0 Å². The Bertz CT molecular complexity index is 1150. The number of piperidine rings is 1. The maximum absolute atomic E-state index is 13.5. The van der Waals surface area contributed by atoms with Gasteiger partial charge in [-0.25, -0.2) is 4.98 Å². The van der Waals surface area contributed by atoms with Crippen LogP contribution in [0.2, 0.25) is 0 Å². The van der Waals surface area contributed by atoms with Crippen molar-refractivity contribution in [2.75, 3.05) is 13.1 Å². The molecule has 32 heavy (non-hydrogen) atoms. The second-order valence-corrected chi connectivity index (χ2v) is 9.43. The zero-order valence-corrected chi connectivity index (χ0v) is 19.7. The molecule has 0 bridgehead atoms. The maximum atomic E-state index is 13.5. The van der Waals surface area contributed by atoms with Crippen LogP contribution in [0.4, 0.5) is 8.78 Å².